The standard InChI is InChI=1S/C19H23N/c1-13-10-11-14(2)18(12-13)19(20)17-9-4-3-8-16(17)15-6-5-7-15/h3-4,8-12,15,19H,5-7,20H2,1-2H3. The van der Waals surface area contributed by atoms with E-state index in [9.17, 15) is 0 Å². The molecule has 0 amide bonds. The SMILES string of the molecule is Cc1ccc(C)c(C(N)c2ccccc2C2CCC2)c1. The normalized spacial score (nSPS) is 16.8. The summed E-state index contributed by atoms with van der Waals surface area (Å²) in [5.41, 5.74) is 13.2. The van der Waals surface area contributed by atoms with Gasteiger partial charge in [-0.25, -0.2) is 0 Å². The summed E-state index contributed by atoms with van der Waals surface area (Å²) in [6, 6.07) is 15.3. The Hall–Kier alpha value is -1.60. The summed E-state index contributed by atoms with van der Waals surface area (Å²) < 4.78 is 0. The van der Waals surface area contributed by atoms with Gasteiger partial charge in [0, 0.05) is 0 Å². The molecule has 0 heterocycles. The molecule has 0 aromatic heterocycles. The van der Waals surface area contributed by atoms with Crippen LogP contribution in [0, 0.1) is 13.8 Å². The third kappa shape index (κ3) is 2.38. The van der Waals surface area contributed by atoms with Crippen molar-refractivity contribution in [1.29, 1.82) is 0 Å². The Morgan fingerprint density at radius 1 is 1.00 bits per heavy atom. The summed E-state index contributed by atoms with van der Waals surface area (Å²) in [5, 5.41) is 0. The minimum absolute atomic E-state index is 0.00769. The first-order chi connectivity index (χ1) is 9.66. The lowest BCUT2D eigenvalue weighted by molar-refractivity contribution is 0.416. The summed E-state index contributed by atoms with van der Waals surface area (Å²) in [4.78, 5) is 0. The van der Waals surface area contributed by atoms with Crippen LogP contribution in [0.15, 0.2) is 42.5 Å². The molecule has 104 valence electrons. The molecule has 0 radical (unpaired) electrons. The van der Waals surface area contributed by atoms with Crippen molar-refractivity contribution >= 4 is 0 Å². The number of benzene rings is 2. The molecule has 2 aromatic rings. The van der Waals surface area contributed by atoms with Crippen LogP contribution in [0.25, 0.3) is 0 Å². The van der Waals surface area contributed by atoms with Gasteiger partial charge in [0.2, 0.25) is 0 Å². The Bertz CT molecular complexity index is 611. The lowest BCUT2D eigenvalue weighted by atomic mass is 9.76. The Kier molecular flexibility index (Phi) is 3.62. The second kappa shape index (κ2) is 5.41. The highest BCUT2D eigenvalue weighted by Gasteiger charge is 2.24. The zero-order chi connectivity index (χ0) is 14.1. The molecule has 20 heavy (non-hydrogen) atoms. The summed E-state index contributed by atoms with van der Waals surface area (Å²) in [6.07, 6.45) is 3.99. The summed E-state index contributed by atoms with van der Waals surface area (Å²) in [7, 11) is 0. The minimum Gasteiger partial charge on any atom is -0.320 e. The quantitative estimate of drug-likeness (QED) is 0.861. The average molecular weight is 265 g/mol. The highest BCUT2D eigenvalue weighted by Crippen LogP contribution is 2.40. The van der Waals surface area contributed by atoms with Crippen LogP contribution in [-0.2, 0) is 0 Å². The van der Waals surface area contributed by atoms with E-state index in [1.165, 1.54) is 47.1 Å². The van der Waals surface area contributed by atoms with Crippen LogP contribution in [-0.4, -0.2) is 0 Å². The van der Waals surface area contributed by atoms with Gasteiger partial charge in [-0.3, -0.25) is 0 Å². The molecule has 2 N–H and O–H groups in total. The first kappa shape index (κ1) is 13.4. The van der Waals surface area contributed by atoms with E-state index < -0.39 is 0 Å². The molecular formula is C19H23N. The fraction of sp³-hybridized carbons (Fsp3) is 0.368. The molecule has 1 atom stereocenters. The van der Waals surface area contributed by atoms with Crippen molar-refractivity contribution in [1.82, 2.24) is 0 Å². The van der Waals surface area contributed by atoms with E-state index in [0.29, 0.717) is 0 Å². The van der Waals surface area contributed by atoms with Gasteiger partial charge in [-0.15, -0.1) is 0 Å². The Morgan fingerprint density at radius 2 is 1.75 bits per heavy atom. The molecule has 3 rings (SSSR count). The molecule has 2 aromatic carbocycles. The second-order valence-corrected chi connectivity index (χ2v) is 6.09. The lowest BCUT2D eigenvalue weighted by Crippen LogP contribution is -2.19. The Morgan fingerprint density at radius 3 is 2.45 bits per heavy atom. The molecule has 1 saturated carbocycles. The van der Waals surface area contributed by atoms with Crippen LogP contribution in [0.2, 0.25) is 0 Å². The minimum atomic E-state index is -0.00769. The van der Waals surface area contributed by atoms with Crippen LogP contribution in [0.3, 0.4) is 0 Å². The molecule has 1 nitrogen and oxygen atoms in total. The van der Waals surface area contributed by atoms with E-state index in [1.54, 1.807) is 0 Å². The smallest absolute Gasteiger partial charge is 0.0557 e. The van der Waals surface area contributed by atoms with Crippen molar-refractivity contribution in [2.45, 2.75) is 45.1 Å². The molecule has 1 fully saturated rings. The molecular weight excluding hydrogens is 242 g/mol. The monoisotopic (exact) mass is 265 g/mol. The first-order valence-corrected chi connectivity index (χ1v) is 7.58. The number of nitrogens with two attached hydrogens (primary N) is 1. The maximum Gasteiger partial charge on any atom is 0.0557 e. The lowest BCUT2D eigenvalue weighted by Gasteiger charge is -2.30. The molecule has 0 saturated heterocycles. The maximum atomic E-state index is 6.60. The molecule has 0 aliphatic heterocycles. The van der Waals surface area contributed by atoms with Crippen LogP contribution >= 0.6 is 0 Å². The third-order valence-electron chi connectivity index (χ3n) is 4.65. The first-order valence-electron chi connectivity index (χ1n) is 7.58. The van der Waals surface area contributed by atoms with E-state index in [1.807, 2.05) is 0 Å². The van der Waals surface area contributed by atoms with Crippen LogP contribution in [0.1, 0.15) is 59.0 Å². The van der Waals surface area contributed by atoms with Crippen molar-refractivity contribution in [3.05, 3.63) is 70.3 Å². The molecule has 1 aliphatic rings. The van der Waals surface area contributed by atoms with Crippen molar-refractivity contribution in [2.24, 2.45) is 5.73 Å². The molecule has 1 heteroatoms. The number of hydrogen-bond donors (Lipinski definition) is 1. The zero-order valence-corrected chi connectivity index (χ0v) is 12.4. The van der Waals surface area contributed by atoms with Gasteiger partial charge < -0.3 is 5.73 Å². The fourth-order valence-corrected chi connectivity index (χ4v) is 3.15. The number of rotatable bonds is 3. The molecule has 0 spiro atoms. The van der Waals surface area contributed by atoms with Crippen molar-refractivity contribution in [2.75, 3.05) is 0 Å². The van der Waals surface area contributed by atoms with Gasteiger partial charge in [0.05, 0.1) is 6.04 Å². The van der Waals surface area contributed by atoms with Crippen LogP contribution in [0.5, 0.6) is 0 Å². The fourth-order valence-electron chi connectivity index (χ4n) is 3.15. The topological polar surface area (TPSA) is 26.0 Å². The second-order valence-electron chi connectivity index (χ2n) is 6.09. The summed E-state index contributed by atoms with van der Waals surface area (Å²) >= 11 is 0. The van der Waals surface area contributed by atoms with Gasteiger partial charge in [-0.2, -0.15) is 0 Å². The van der Waals surface area contributed by atoms with E-state index in [2.05, 4.69) is 56.3 Å². The summed E-state index contributed by atoms with van der Waals surface area (Å²) in [6.45, 7) is 4.29. The van der Waals surface area contributed by atoms with E-state index in [-0.39, 0.29) is 6.04 Å². The highest BCUT2D eigenvalue weighted by molar-refractivity contribution is 5.43. The molecule has 0 bridgehead atoms. The van der Waals surface area contributed by atoms with Crippen molar-refractivity contribution in [3.63, 3.8) is 0 Å². The Labute approximate surface area is 121 Å². The van der Waals surface area contributed by atoms with Crippen molar-refractivity contribution in [3.8, 4) is 0 Å². The van der Waals surface area contributed by atoms with Gasteiger partial charge >= 0.3 is 0 Å². The van der Waals surface area contributed by atoms with Crippen molar-refractivity contribution < 1.29 is 0 Å². The van der Waals surface area contributed by atoms with E-state index in [4.69, 9.17) is 5.73 Å². The Balaban J connectivity index is 2.01. The van der Waals surface area contributed by atoms with Gasteiger partial charge in [0.15, 0.2) is 0 Å². The van der Waals surface area contributed by atoms with E-state index in [0.717, 1.165) is 5.92 Å². The predicted molar refractivity (Wildman–Crippen MR) is 85.0 cm³/mol. The number of aryl methyl sites for hydroxylation is 2. The molecule has 1 aliphatic carbocycles. The average Bonchev–Trinajstić information content (AvgIpc) is 2.39. The van der Waals surface area contributed by atoms with Gasteiger partial charge in [-0.1, -0.05) is 54.4 Å². The highest BCUT2D eigenvalue weighted by atomic mass is 14.6. The summed E-state index contributed by atoms with van der Waals surface area (Å²) in [5.74, 6) is 0.724. The maximum absolute atomic E-state index is 6.60. The van der Waals surface area contributed by atoms with Crippen LogP contribution in [0.4, 0.5) is 0 Å². The van der Waals surface area contributed by atoms with Gasteiger partial charge in [0.25, 0.3) is 0 Å². The van der Waals surface area contributed by atoms with Gasteiger partial charge in [-0.05, 0) is 54.9 Å². The van der Waals surface area contributed by atoms with Crippen LogP contribution < -0.4 is 5.73 Å². The van der Waals surface area contributed by atoms with Gasteiger partial charge in [0.1, 0.15) is 0 Å². The third-order valence-corrected chi connectivity index (χ3v) is 4.65. The predicted octanol–water partition coefficient (Wildman–Crippen LogP) is 4.62. The van der Waals surface area contributed by atoms with E-state index >= 15 is 0 Å². The zero-order valence-electron chi connectivity index (χ0n) is 12.4. The molecule has 1 unspecified atom stereocenters. The number of hydrogen-bond acceptors (Lipinski definition) is 1. The largest absolute Gasteiger partial charge is 0.320 e.